The van der Waals surface area contributed by atoms with Crippen molar-refractivity contribution in [3.05, 3.63) is 40.0 Å². The van der Waals surface area contributed by atoms with Gasteiger partial charge in [0.1, 0.15) is 5.75 Å². The van der Waals surface area contributed by atoms with Crippen molar-refractivity contribution in [3.8, 4) is 5.75 Å². The van der Waals surface area contributed by atoms with E-state index in [1.807, 2.05) is 0 Å². The Morgan fingerprint density at radius 3 is 2.55 bits per heavy atom. The third-order valence-electron chi connectivity index (χ3n) is 2.26. The van der Waals surface area contributed by atoms with Gasteiger partial charge < -0.3 is 14.9 Å². The van der Waals surface area contributed by atoms with Crippen molar-refractivity contribution in [1.82, 2.24) is 0 Å². The quantitative estimate of drug-likeness (QED) is 0.460. The third kappa shape index (κ3) is 4.09. The van der Waals surface area contributed by atoms with Gasteiger partial charge in [0.25, 0.3) is 5.69 Å². The van der Waals surface area contributed by atoms with E-state index in [1.54, 1.807) is 0 Å². The van der Waals surface area contributed by atoms with Gasteiger partial charge in [-0.25, -0.2) is 9.59 Å². The summed E-state index contributed by atoms with van der Waals surface area (Å²) in [5.41, 5.74) is -0.153. The fourth-order valence-electron chi connectivity index (χ4n) is 1.29. The van der Waals surface area contributed by atoms with Crippen molar-refractivity contribution in [2.75, 3.05) is 0 Å². The van der Waals surface area contributed by atoms with E-state index < -0.39 is 23.0 Å². The molecule has 0 saturated heterocycles. The highest BCUT2D eigenvalue weighted by Crippen LogP contribution is 2.26. The lowest BCUT2D eigenvalue weighted by Crippen LogP contribution is -2.23. The van der Waals surface area contributed by atoms with Crippen LogP contribution >= 0.6 is 0 Å². The third-order valence-corrected chi connectivity index (χ3v) is 2.26. The van der Waals surface area contributed by atoms with Crippen LogP contribution in [0, 0.1) is 10.1 Å². The van der Waals surface area contributed by atoms with Crippen LogP contribution in [0.4, 0.5) is 5.69 Å². The molecule has 0 amide bonds. The molecule has 106 valence electrons. The van der Waals surface area contributed by atoms with Gasteiger partial charge in [0, 0.05) is 23.8 Å². The maximum atomic E-state index is 10.7. The number of carbonyl (C=O) groups is 2. The zero-order chi connectivity index (χ0) is 15.3. The van der Waals surface area contributed by atoms with Crippen molar-refractivity contribution in [2.45, 2.75) is 13.0 Å². The van der Waals surface area contributed by atoms with Gasteiger partial charge in [-0.2, -0.15) is 0 Å². The molecule has 0 bridgehead atoms. The maximum absolute atomic E-state index is 10.7. The Morgan fingerprint density at radius 2 is 2.05 bits per heavy atom. The molecule has 1 aromatic carbocycles. The number of hydrogen-bond donors (Lipinski definition) is 2. The predicted molar refractivity (Wildman–Crippen MR) is 67.5 cm³/mol. The van der Waals surface area contributed by atoms with Crippen LogP contribution in [0.2, 0.25) is 0 Å². The molecule has 0 saturated carbocycles. The van der Waals surface area contributed by atoms with Gasteiger partial charge in [-0.15, -0.1) is 0 Å². The number of non-ortho nitro benzene ring substituents is 1. The first kappa shape index (κ1) is 15.2. The van der Waals surface area contributed by atoms with Crippen LogP contribution in [0.25, 0.3) is 6.08 Å². The first-order chi connectivity index (χ1) is 9.31. The van der Waals surface area contributed by atoms with Crippen molar-refractivity contribution in [1.29, 1.82) is 0 Å². The summed E-state index contributed by atoms with van der Waals surface area (Å²) < 4.78 is 5.11. The standard InChI is InChI=1S/C12H11NO7/c1-7(12(16)17)20-10-4-3-9(13(18)19)6-8(10)2-5-11(14)15/h2-7H,1H3,(H,14,15)(H,16,17). The largest absolute Gasteiger partial charge is 0.479 e. The van der Waals surface area contributed by atoms with E-state index in [0.717, 1.165) is 24.3 Å². The normalized spacial score (nSPS) is 12.1. The van der Waals surface area contributed by atoms with Crippen molar-refractivity contribution < 1.29 is 29.5 Å². The molecule has 1 atom stereocenters. The number of hydrogen-bond acceptors (Lipinski definition) is 5. The minimum Gasteiger partial charge on any atom is -0.479 e. The summed E-state index contributed by atoms with van der Waals surface area (Å²) in [7, 11) is 0. The Bertz CT molecular complexity index is 579. The summed E-state index contributed by atoms with van der Waals surface area (Å²) in [6, 6.07) is 3.46. The van der Waals surface area contributed by atoms with Gasteiger partial charge >= 0.3 is 11.9 Å². The van der Waals surface area contributed by atoms with Crippen LogP contribution in [-0.4, -0.2) is 33.2 Å². The maximum Gasteiger partial charge on any atom is 0.344 e. The lowest BCUT2D eigenvalue weighted by molar-refractivity contribution is -0.384. The molecule has 0 aliphatic heterocycles. The molecular formula is C12H11NO7. The fraction of sp³-hybridized carbons (Fsp3) is 0.167. The molecule has 0 spiro atoms. The van der Waals surface area contributed by atoms with E-state index in [4.69, 9.17) is 14.9 Å². The van der Waals surface area contributed by atoms with E-state index in [0.29, 0.717) is 0 Å². The van der Waals surface area contributed by atoms with Gasteiger partial charge in [-0.3, -0.25) is 10.1 Å². The number of benzene rings is 1. The van der Waals surface area contributed by atoms with E-state index in [2.05, 4.69) is 0 Å². The zero-order valence-electron chi connectivity index (χ0n) is 10.3. The number of nitro groups is 1. The van der Waals surface area contributed by atoms with Crippen LogP contribution in [0.1, 0.15) is 12.5 Å². The second-order valence-corrected chi connectivity index (χ2v) is 3.75. The second kappa shape index (κ2) is 6.32. The number of nitro benzene ring substituents is 1. The second-order valence-electron chi connectivity index (χ2n) is 3.75. The van der Waals surface area contributed by atoms with Crippen LogP contribution in [0.15, 0.2) is 24.3 Å². The van der Waals surface area contributed by atoms with Gasteiger partial charge in [0.05, 0.1) is 4.92 Å². The predicted octanol–water partition coefficient (Wildman–Crippen LogP) is 1.54. The lowest BCUT2D eigenvalue weighted by Gasteiger charge is -2.12. The van der Waals surface area contributed by atoms with Gasteiger partial charge in [0.15, 0.2) is 6.10 Å². The molecule has 20 heavy (non-hydrogen) atoms. The summed E-state index contributed by atoms with van der Waals surface area (Å²) in [5.74, 6) is -2.41. The number of nitrogens with zero attached hydrogens (tertiary/aromatic N) is 1. The SMILES string of the molecule is CC(Oc1ccc([N+](=O)[O-])cc1C=CC(=O)O)C(=O)O. The number of carboxylic acid groups (broad SMARTS) is 2. The van der Waals surface area contributed by atoms with Gasteiger partial charge in [0.2, 0.25) is 0 Å². The van der Waals surface area contributed by atoms with Crippen LogP contribution in [-0.2, 0) is 9.59 Å². The van der Waals surface area contributed by atoms with Gasteiger partial charge in [-0.1, -0.05) is 0 Å². The highest BCUT2D eigenvalue weighted by Gasteiger charge is 2.16. The number of carboxylic acids is 2. The molecule has 0 fully saturated rings. The smallest absolute Gasteiger partial charge is 0.344 e. The minimum absolute atomic E-state index is 0.0444. The van der Waals surface area contributed by atoms with Crippen LogP contribution < -0.4 is 4.74 Å². The average Bonchev–Trinajstić information content (AvgIpc) is 2.36. The molecule has 0 aliphatic carbocycles. The first-order valence-electron chi connectivity index (χ1n) is 5.40. The molecule has 1 rings (SSSR count). The van der Waals surface area contributed by atoms with Gasteiger partial charge in [-0.05, 0) is 19.1 Å². The Labute approximate surface area is 113 Å². The van der Waals surface area contributed by atoms with Crippen LogP contribution in [0.3, 0.4) is 0 Å². The molecule has 1 aromatic rings. The average molecular weight is 281 g/mol. The topological polar surface area (TPSA) is 127 Å². The summed E-state index contributed by atoms with van der Waals surface area (Å²) in [6.45, 7) is 1.29. The van der Waals surface area contributed by atoms with Crippen molar-refractivity contribution in [3.63, 3.8) is 0 Å². The van der Waals surface area contributed by atoms with E-state index in [1.165, 1.54) is 13.0 Å². The Kier molecular flexibility index (Phi) is 4.79. The molecule has 2 N–H and O–H groups in total. The van der Waals surface area contributed by atoms with Crippen LogP contribution in [0.5, 0.6) is 5.75 Å². The highest BCUT2D eigenvalue weighted by atomic mass is 16.6. The molecule has 8 nitrogen and oxygen atoms in total. The Balaban J connectivity index is 3.18. The number of ether oxygens (including phenoxy) is 1. The monoisotopic (exact) mass is 281 g/mol. The lowest BCUT2D eigenvalue weighted by atomic mass is 10.1. The number of rotatable bonds is 6. The van der Waals surface area contributed by atoms with E-state index >= 15 is 0 Å². The fourth-order valence-corrected chi connectivity index (χ4v) is 1.29. The summed E-state index contributed by atoms with van der Waals surface area (Å²) in [5, 5.41) is 28.0. The molecule has 0 aliphatic rings. The van der Waals surface area contributed by atoms with E-state index in [9.17, 15) is 19.7 Å². The zero-order valence-corrected chi connectivity index (χ0v) is 10.3. The Morgan fingerprint density at radius 1 is 1.40 bits per heavy atom. The molecule has 0 heterocycles. The number of aliphatic carboxylic acids is 2. The minimum atomic E-state index is -1.24. The molecule has 0 aromatic heterocycles. The highest BCUT2D eigenvalue weighted by molar-refractivity contribution is 5.86. The first-order valence-corrected chi connectivity index (χ1v) is 5.40. The molecule has 8 heteroatoms. The summed E-state index contributed by atoms with van der Waals surface area (Å²) >= 11 is 0. The summed E-state index contributed by atoms with van der Waals surface area (Å²) in [4.78, 5) is 31.2. The van der Waals surface area contributed by atoms with Crippen molar-refractivity contribution >= 4 is 23.7 Å². The summed E-state index contributed by atoms with van der Waals surface area (Å²) in [6.07, 6.45) is 0.699. The van der Waals surface area contributed by atoms with E-state index in [-0.39, 0.29) is 17.0 Å². The van der Waals surface area contributed by atoms with Crippen molar-refractivity contribution in [2.24, 2.45) is 0 Å². The molecular weight excluding hydrogens is 270 g/mol. The Hall–Kier alpha value is -2.90. The molecule has 1 unspecified atom stereocenters. The molecule has 0 radical (unpaired) electrons.